The van der Waals surface area contributed by atoms with E-state index in [-0.39, 0.29) is 12.7 Å². The number of pyridine rings is 1. The number of thioether (sulfide) groups is 1. The fourth-order valence-corrected chi connectivity index (χ4v) is 4.30. The van der Waals surface area contributed by atoms with Gasteiger partial charge in [0, 0.05) is 6.20 Å². The minimum Gasteiger partial charge on any atom is -0.494 e. The third-order valence-corrected chi connectivity index (χ3v) is 5.74. The number of amidine groups is 1. The molecule has 5 rings (SSSR count). The van der Waals surface area contributed by atoms with Crippen LogP contribution in [-0.4, -0.2) is 29.5 Å². The number of carbonyl (C=O) groups excluding carboxylic acids is 1. The van der Waals surface area contributed by atoms with E-state index < -0.39 is 0 Å². The van der Waals surface area contributed by atoms with Crippen LogP contribution in [0.5, 0.6) is 17.2 Å². The minimum atomic E-state index is -0.161. The maximum absolute atomic E-state index is 13.4. The van der Waals surface area contributed by atoms with Crippen molar-refractivity contribution in [2.45, 2.75) is 6.92 Å². The Morgan fingerprint density at radius 3 is 2.75 bits per heavy atom. The molecule has 0 saturated carbocycles. The number of anilines is 1. The van der Waals surface area contributed by atoms with Crippen LogP contribution in [0.2, 0.25) is 0 Å². The standard InChI is InChI=1S/C24H19N3O4S/c1-2-29-18-9-7-17(8-10-18)27-23(28)21(32-24(27)26-22-5-3-4-12-25-22)14-16-6-11-19-20(13-16)31-15-30-19/h3-14H,2,15H2,1H3/b21-14-,26-24-. The van der Waals surface area contributed by atoms with Crippen LogP contribution in [0.4, 0.5) is 11.5 Å². The van der Waals surface area contributed by atoms with E-state index in [0.717, 1.165) is 11.3 Å². The lowest BCUT2D eigenvalue weighted by Crippen LogP contribution is -2.28. The Hall–Kier alpha value is -3.78. The molecule has 1 amide bonds. The van der Waals surface area contributed by atoms with Gasteiger partial charge in [-0.2, -0.15) is 0 Å². The van der Waals surface area contributed by atoms with Gasteiger partial charge in [0.05, 0.1) is 17.2 Å². The molecule has 0 bridgehead atoms. The van der Waals surface area contributed by atoms with Crippen LogP contribution in [0.1, 0.15) is 12.5 Å². The molecule has 3 heterocycles. The van der Waals surface area contributed by atoms with Gasteiger partial charge in [0.2, 0.25) is 6.79 Å². The first-order valence-electron chi connectivity index (χ1n) is 10.1. The third-order valence-electron chi connectivity index (χ3n) is 4.77. The highest BCUT2D eigenvalue weighted by molar-refractivity contribution is 8.19. The van der Waals surface area contributed by atoms with Crippen LogP contribution in [0.3, 0.4) is 0 Å². The molecule has 1 fully saturated rings. The Morgan fingerprint density at radius 1 is 1.12 bits per heavy atom. The zero-order valence-corrected chi connectivity index (χ0v) is 18.0. The predicted octanol–water partition coefficient (Wildman–Crippen LogP) is 5.02. The highest BCUT2D eigenvalue weighted by Crippen LogP contribution is 2.39. The molecule has 2 aliphatic rings. The number of benzene rings is 2. The number of carbonyl (C=O) groups is 1. The lowest BCUT2D eigenvalue weighted by atomic mass is 10.2. The van der Waals surface area contributed by atoms with Crippen LogP contribution in [0.15, 0.2) is 76.8 Å². The van der Waals surface area contributed by atoms with Gasteiger partial charge in [-0.1, -0.05) is 12.1 Å². The van der Waals surface area contributed by atoms with Gasteiger partial charge in [-0.05, 0) is 78.9 Å². The van der Waals surface area contributed by atoms with E-state index in [9.17, 15) is 4.79 Å². The van der Waals surface area contributed by atoms with E-state index in [1.165, 1.54) is 11.8 Å². The summed E-state index contributed by atoms with van der Waals surface area (Å²) in [7, 11) is 0. The Labute approximate surface area is 189 Å². The average Bonchev–Trinajstić information content (AvgIpc) is 3.39. The molecule has 1 aromatic heterocycles. The molecular formula is C24H19N3O4S. The molecule has 0 N–H and O–H groups in total. The number of fused-ring (bicyclic) bond motifs is 1. The van der Waals surface area contributed by atoms with Crippen molar-refractivity contribution in [1.82, 2.24) is 4.98 Å². The van der Waals surface area contributed by atoms with Crippen molar-refractivity contribution in [2.75, 3.05) is 18.3 Å². The largest absolute Gasteiger partial charge is 0.494 e. The molecule has 1 saturated heterocycles. The second kappa shape index (κ2) is 8.76. The number of rotatable bonds is 5. The molecule has 0 spiro atoms. The van der Waals surface area contributed by atoms with Gasteiger partial charge >= 0.3 is 0 Å². The van der Waals surface area contributed by atoms with Crippen LogP contribution < -0.4 is 19.1 Å². The molecule has 0 aliphatic carbocycles. The van der Waals surface area contributed by atoms with Crippen LogP contribution in [0, 0.1) is 0 Å². The summed E-state index contributed by atoms with van der Waals surface area (Å²) in [6.07, 6.45) is 3.50. The summed E-state index contributed by atoms with van der Waals surface area (Å²) < 4.78 is 16.4. The molecule has 3 aromatic rings. The first-order chi connectivity index (χ1) is 15.7. The number of nitrogens with zero attached hydrogens (tertiary/aromatic N) is 3. The molecule has 0 unspecified atom stereocenters. The zero-order valence-electron chi connectivity index (χ0n) is 17.2. The number of hydrogen-bond donors (Lipinski definition) is 0. The summed E-state index contributed by atoms with van der Waals surface area (Å²) in [6, 6.07) is 18.5. The van der Waals surface area contributed by atoms with Crippen molar-refractivity contribution in [1.29, 1.82) is 0 Å². The monoisotopic (exact) mass is 445 g/mol. The molecular weight excluding hydrogens is 426 g/mol. The second-order valence-corrected chi connectivity index (χ2v) is 7.88. The highest BCUT2D eigenvalue weighted by atomic mass is 32.2. The van der Waals surface area contributed by atoms with Gasteiger partial charge in [0.25, 0.3) is 5.91 Å². The molecule has 7 nitrogen and oxygen atoms in total. The molecule has 0 atom stereocenters. The van der Waals surface area contributed by atoms with Crippen LogP contribution in [-0.2, 0) is 4.79 Å². The van der Waals surface area contributed by atoms with E-state index in [1.807, 2.05) is 67.6 Å². The lowest BCUT2D eigenvalue weighted by Gasteiger charge is -2.16. The van der Waals surface area contributed by atoms with Crippen LogP contribution in [0.25, 0.3) is 6.08 Å². The second-order valence-electron chi connectivity index (χ2n) is 6.87. The predicted molar refractivity (Wildman–Crippen MR) is 125 cm³/mol. The summed E-state index contributed by atoms with van der Waals surface area (Å²) in [5, 5.41) is 0.532. The van der Waals surface area contributed by atoms with E-state index in [4.69, 9.17) is 14.2 Å². The Balaban J connectivity index is 1.52. The van der Waals surface area contributed by atoms with Crippen molar-refractivity contribution >= 4 is 40.4 Å². The lowest BCUT2D eigenvalue weighted by molar-refractivity contribution is -0.113. The number of aliphatic imine (C=N–C) groups is 1. The zero-order chi connectivity index (χ0) is 21.9. The van der Waals surface area contributed by atoms with Crippen molar-refractivity contribution in [2.24, 2.45) is 4.99 Å². The van der Waals surface area contributed by atoms with Crippen molar-refractivity contribution in [3.05, 3.63) is 77.3 Å². The van der Waals surface area contributed by atoms with E-state index in [2.05, 4.69) is 9.98 Å². The normalized spacial score (nSPS) is 17.4. The maximum atomic E-state index is 13.4. The Morgan fingerprint density at radius 2 is 1.97 bits per heavy atom. The number of ether oxygens (including phenoxy) is 3. The summed E-state index contributed by atoms with van der Waals surface area (Å²) in [6.45, 7) is 2.71. The summed E-state index contributed by atoms with van der Waals surface area (Å²) >= 11 is 1.30. The topological polar surface area (TPSA) is 73.2 Å². The van der Waals surface area contributed by atoms with Crippen molar-refractivity contribution in [3.8, 4) is 17.2 Å². The molecule has 2 aromatic carbocycles. The highest BCUT2D eigenvalue weighted by Gasteiger charge is 2.35. The van der Waals surface area contributed by atoms with E-state index >= 15 is 0 Å². The summed E-state index contributed by atoms with van der Waals surface area (Å²) in [5.74, 6) is 2.48. The fourth-order valence-electron chi connectivity index (χ4n) is 3.31. The number of hydrogen-bond acceptors (Lipinski definition) is 7. The van der Waals surface area contributed by atoms with Gasteiger partial charge in [-0.15, -0.1) is 0 Å². The smallest absolute Gasteiger partial charge is 0.271 e. The summed E-state index contributed by atoms with van der Waals surface area (Å²) in [5.41, 5.74) is 1.55. The molecule has 2 aliphatic heterocycles. The van der Waals surface area contributed by atoms with Crippen molar-refractivity contribution < 1.29 is 19.0 Å². The first-order valence-corrected chi connectivity index (χ1v) is 10.9. The van der Waals surface area contributed by atoms with Gasteiger partial charge < -0.3 is 14.2 Å². The average molecular weight is 446 g/mol. The quantitative estimate of drug-likeness (QED) is 0.514. The Kier molecular flexibility index (Phi) is 5.51. The van der Waals surface area contributed by atoms with E-state index in [0.29, 0.717) is 39.7 Å². The van der Waals surface area contributed by atoms with Crippen LogP contribution >= 0.6 is 11.8 Å². The third kappa shape index (κ3) is 4.04. The molecule has 8 heteroatoms. The molecule has 32 heavy (non-hydrogen) atoms. The number of amides is 1. The van der Waals surface area contributed by atoms with Crippen molar-refractivity contribution in [3.63, 3.8) is 0 Å². The van der Waals surface area contributed by atoms with Gasteiger partial charge in [0.15, 0.2) is 22.5 Å². The Bertz CT molecular complexity index is 1210. The molecule has 160 valence electrons. The van der Waals surface area contributed by atoms with E-state index in [1.54, 1.807) is 17.2 Å². The number of aromatic nitrogens is 1. The molecule has 0 radical (unpaired) electrons. The SMILES string of the molecule is CCOc1ccc(N2C(=O)/C(=C/c3ccc4c(c3)OCO4)S/C2=N\c2ccccn2)cc1. The van der Waals surface area contributed by atoms with Gasteiger partial charge in [-0.3, -0.25) is 9.69 Å². The fraction of sp³-hybridized carbons (Fsp3) is 0.125. The summed E-state index contributed by atoms with van der Waals surface area (Å²) in [4.78, 5) is 24.4. The first kappa shape index (κ1) is 20.1. The minimum absolute atomic E-state index is 0.161. The van der Waals surface area contributed by atoms with Gasteiger partial charge in [0.1, 0.15) is 5.75 Å². The maximum Gasteiger partial charge on any atom is 0.271 e. The van der Waals surface area contributed by atoms with Gasteiger partial charge in [-0.25, -0.2) is 9.98 Å².